The number of amides is 2. The number of halogens is 1. The van der Waals surface area contributed by atoms with Crippen LogP contribution in [0.4, 0.5) is 17.1 Å². The Balaban J connectivity index is 1.79. The fraction of sp³-hybridized carbons (Fsp3) is 0.190. The van der Waals surface area contributed by atoms with Gasteiger partial charge in [0.25, 0.3) is 17.5 Å². The van der Waals surface area contributed by atoms with Crippen LogP contribution in [0.1, 0.15) is 18.4 Å². The summed E-state index contributed by atoms with van der Waals surface area (Å²) in [5.41, 5.74) is 1.33. The van der Waals surface area contributed by atoms with Gasteiger partial charge in [0.1, 0.15) is 5.57 Å². The summed E-state index contributed by atoms with van der Waals surface area (Å²) < 4.78 is 0. The standard InChI is InChI=1S/C21H17ClN4O4S/c22-14-3-5-15(6-4-14)25-20(28)17(19(27)23-21(25)31)12-13-11-16(26(29)30)7-8-18(13)24-9-1-2-10-24/h3-8,11-12H,1-2,9-10H2,(H,23,27,31)/b17-12+. The average molecular weight is 457 g/mol. The second-order valence-corrected chi connectivity index (χ2v) is 7.95. The highest BCUT2D eigenvalue weighted by atomic mass is 35.5. The minimum Gasteiger partial charge on any atom is -0.371 e. The summed E-state index contributed by atoms with van der Waals surface area (Å²) >= 11 is 11.1. The van der Waals surface area contributed by atoms with Crippen LogP contribution in [-0.2, 0) is 9.59 Å². The summed E-state index contributed by atoms with van der Waals surface area (Å²) in [4.78, 5) is 39.9. The number of anilines is 2. The van der Waals surface area contributed by atoms with Crippen LogP contribution in [0.3, 0.4) is 0 Å². The molecule has 2 aromatic carbocycles. The fourth-order valence-corrected chi connectivity index (χ4v) is 4.06. The first-order valence-corrected chi connectivity index (χ1v) is 10.3. The molecule has 0 spiro atoms. The minimum atomic E-state index is -0.654. The Kier molecular flexibility index (Phi) is 5.71. The van der Waals surface area contributed by atoms with Gasteiger partial charge >= 0.3 is 0 Å². The van der Waals surface area contributed by atoms with E-state index in [9.17, 15) is 19.7 Å². The molecule has 31 heavy (non-hydrogen) atoms. The summed E-state index contributed by atoms with van der Waals surface area (Å²) in [5, 5.41) is 14.3. The van der Waals surface area contributed by atoms with E-state index in [4.69, 9.17) is 23.8 Å². The maximum atomic E-state index is 13.2. The van der Waals surface area contributed by atoms with Crippen LogP contribution >= 0.6 is 23.8 Å². The average Bonchev–Trinajstić information content (AvgIpc) is 3.27. The predicted molar refractivity (Wildman–Crippen MR) is 122 cm³/mol. The number of nitro groups is 1. The van der Waals surface area contributed by atoms with Gasteiger partial charge in [-0.3, -0.25) is 29.9 Å². The molecule has 2 aliphatic rings. The normalized spacial score (nSPS) is 18.0. The van der Waals surface area contributed by atoms with Crippen LogP contribution in [0.5, 0.6) is 0 Å². The maximum Gasteiger partial charge on any atom is 0.270 e. The molecule has 2 heterocycles. The molecular formula is C21H17ClN4O4S. The molecule has 2 saturated heterocycles. The highest BCUT2D eigenvalue weighted by Crippen LogP contribution is 2.31. The van der Waals surface area contributed by atoms with Crippen molar-refractivity contribution in [1.29, 1.82) is 0 Å². The molecule has 0 radical (unpaired) electrons. The van der Waals surface area contributed by atoms with Crippen molar-refractivity contribution in [2.24, 2.45) is 0 Å². The van der Waals surface area contributed by atoms with E-state index in [-0.39, 0.29) is 16.4 Å². The minimum absolute atomic E-state index is 0.0479. The summed E-state index contributed by atoms with van der Waals surface area (Å²) in [6.45, 7) is 1.60. The third kappa shape index (κ3) is 4.14. The van der Waals surface area contributed by atoms with Gasteiger partial charge in [-0.1, -0.05) is 11.6 Å². The molecule has 2 amide bonds. The van der Waals surface area contributed by atoms with Gasteiger partial charge in [-0.15, -0.1) is 0 Å². The number of nitrogens with zero attached hydrogens (tertiary/aromatic N) is 3. The van der Waals surface area contributed by atoms with Crippen molar-refractivity contribution in [3.63, 3.8) is 0 Å². The molecule has 0 bridgehead atoms. The largest absolute Gasteiger partial charge is 0.371 e. The number of nitrogens with one attached hydrogen (secondary N) is 1. The molecule has 0 atom stereocenters. The number of rotatable bonds is 4. The Hall–Kier alpha value is -3.30. The van der Waals surface area contributed by atoms with Crippen molar-refractivity contribution in [2.75, 3.05) is 22.9 Å². The Morgan fingerprint density at radius 3 is 2.42 bits per heavy atom. The fourth-order valence-electron chi connectivity index (χ4n) is 3.65. The van der Waals surface area contributed by atoms with Crippen molar-refractivity contribution in [3.05, 3.63) is 68.7 Å². The Morgan fingerprint density at radius 2 is 1.77 bits per heavy atom. The summed E-state index contributed by atoms with van der Waals surface area (Å²) in [6.07, 6.45) is 3.40. The van der Waals surface area contributed by atoms with Crippen LogP contribution < -0.4 is 15.1 Å². The second-order valence-electron chi connectivity index (χ2n) is 7.13. The van der Waals surface area contributed by atoms with Gasteiger partial charge < -0.3 is 4.90 Å². The number of non-ortho nitro benzene ring substituents is 1. The number of carbonyl (C=O) groups excluding carboxylic acids is 2. The quantitative estimate of drug-likeness (QED) is 0.248. The maximum absolute atomic E-state index is 13.2. The van der Waals surface area contributed by atoms with Gasteiger partial charge in [0, 0.05) is 41.5 Å². The van der Waals surface area contributed by atoms with Gasteiger partial charge in [0.2, 0.25) is 0 Å². The Morgan fingerprint density at radius 1 is 1.10 bits per heavy atom. The highest BCUT2D eigenvalue weighted by molar-refractivity contribution is 7.80. The number of benzene rings is 2. The lowest BCUT2D eigenvalue weighted by Crippen LogP contribution is -2.54. The van der Waals surface area contributed by atoms with E-state index in [0.717, 1.165) is 31.6 Å². The lowest BCUT2D eigenvalue weighted by Gasteiger charge is -2.29. The van der Waals surface area contributed by atoms with E-state index in [2.05, 4.69) is 10.2 Å². The molecular weight excluding hydrogens is 440 g/mol. The molecule has 2 fully saturated rings. The molecule has 8 nitrogen and oxygen atoms in total. The van der Waals surface area contributed by atoms with Crippen LogP contribution in [0, 0.1) is 10.1 Å². The Bertz CT molecular complexity index is 1130. The van der Waals surface area contributed by atoms with Gasteiger partial charge in [-0.25, -0.2) is 0 Å². The molecule has 158 valence electrons. The summed E-state index contributed by atoms with van der Waals surface area (Å²) in [5.74, 6) is -1.27. The van der Waals surface area contributed by atoms with Crippen LogP contribution in [-0.4, -0.2) is 34.9 Å². The van der Waals surface area contributed by atoms with Crippen molar-refractivity contribution in [2.45, 2.75) is 12.8 Å². The molecule has 2 aromatic rings. The predicted octanol–water partition coefficient (Wildman–Crippen LogP) is 3.68. The van der Waals surface area contributed by atoms with Crippen molar-refractivity contribution in [1.82, 2.24) is 5.32 Å². The van der Waals surface area contributed by atoms with Crippen LogP contribution in [0.25, 0.3) is 6.08 Å². The van der Waals surface area contributed by atoms with Crippen LogP contribution in [0.15, 0.2) is 48.0 Å². The molecule has 0 saturated carbocycles. The zero-order chi connectivity index (χ0) is 22.1. The number of thiocarbonyl (C=S) groups is 1. The molecule has 4 rings (SSSR count). The number of nitro benzene ring substituents is 1. The molecule has 0 aromatic heterocycles. The van der Waals surface area contributed by atoms with Crippen molar-refractivity contribution < 1.29 is 14.5 Å². The van der Waals surface area contributed by atoms with Gasteiger partial charge in [-0.05, 0) is 61.5 Å². The van der Waals surface area contributed by atoms with E-state index in [1.54, 1.807) is 30.3 Å². The topological polar surface area (TPSA) is 95.8 Å². The van der Waals surface area contributed by atoms with Gasteiger partial charge in [0.05, 0.1) is 10.6 Å². The smallest absolute Gasteiger partial charge is 0.270 e. The zero-order valence-electron chi connectivity index (χ0n) is 16.2. The highest BCUT2D eigenvalue weighted by Gasteiger charge is 2.35. The van der Waals surface area contributed by atoms with Gasteiger partial charge in [0.15, 0.2) is 5.11 Å². The van der Waals surface area contributed by atoms with Crippen molar-refractivity contribution in [3.8, 4) is 0 Å². The summed E-state index contributed by atoms with van der Waals surface area (Å²) in [7, 11) is 0. The Labute approximate surface area is 188 Å². The van der Waals surface area contributed by atoms with E-state index < -0.39 is 16.7 Å². The third-order valence-electron chi connectivity index (χ3n) is 5.16. The molecule has 1 N–H and O–H groups in total. The first-order chi connectivity index (χ1) is 14.8. The van der Waals surface area contributed by atoms with Crippen LogP contribution in [0.2, 0.25) is 5.02 Å². The van der Waals surface area contributed by atoms with Crippen molar-refractivity contribution >= 4 is 63.9 Å². The lowest BCUT2D eigenvalue weighted by molar-refractivity contribution is -0.384. The first kappa shape index (κ1) is 21.0. The number of hydrogen-bond donors (Lipinski definition) is 1. The summed E-state index contributed by atoms with van der Waals surface area (Å²) in [6, 6.07) is 10.9. The van der Waals surface area contributed by atoms with E-state index >= 15 is 0 Å². The first-order valence-electron chi connectivity index (χ1n) is 9.55. The van der Waals surface area contributed by atoms with Gasteiger partial charge in [-0.2, -0.15) is 0 Å². The number of carbonyl (C=O) groups is 2. The second kappa shape index (κ2) is 8.44. The number of hydrogen-bond acceptors (Lipinski definition) is 6. The molecule has 0 unspecified atom stereocenters. The SMILES string of the molecule is O=C1NC(=S)N(c2ccc(Cl)cc2)C(=O)/C1=C/c1cc([N+](=O)[O-])ccc1N1CCCC1. The van der Waals surface area contributed by atoms with E-state index in [0.29, 0.717) is 16.3 Å². The monoisotopic (exact) mass is 456 g/mol. The molecule has 2 aliphatic heterocycles. The third-order valence-corrected chi connectivity index (χ3v) is 5.69. The van der Waals surface area contributed by atoms with E-state index in [1.807, 2.05) is 0 Å². The van der Waals surface area contributed by atoms with E-state index in [1.165, 1.54) is 23.1 Å². The lowest BCUT2D eigenvalue weighted by atomic mass is 10.0. The zero-order valence-corrected chi connectivity index (χ0v) is 17.8. The molecule has 0 aliphatic carbocycles. The molecule has 10 heteroatoms.